The van der Waals surface area contributed by atoms with Crippen molar-refractivity contribution >= 4 is 62.9 Å². The van der Waals surface area contributed by atoms with Gasteiger partial charge in [0.05, 0.1) is 0 Å². The molecular formula is C74H166N8O2SSi6U2. The van der Waals surface area contributed by atoms with Gasteiger partial charge in [0.15, 0.2) is 0 Å². The third kappa shape index (κ3) is 31.1. The summed E-state index contributed by atoms with van der Waals surface area (Å²) in [6.07, 6.45) is 5.11. The predicted molar refractivity (Wildman–Crippen MR) is 436 cm³/mol. The molecule has 0 bridgehead atoms. The largest absolute Gasteiger partial charge is 4.00 e. The maximum absolute atomic E-state index is 5.63. The second-order valence-electron chi connectivity index (χ2n) is 33.7. The summed E-state index contributed by atoms with van der Waals surface area (Å²) in [5.74, 6) is 0. The Morgan fingerprint density at radius 3 is 0.376 bits per heavy atom. The van der Waals surface area contributed by atoms with E-state index in [4.69, 9.17) is 39.4 Å². The van der Waals surface area contributed by atoms with Crippen molar-refractivity contribution in [2.24, 2.45) is 0 Å². The molecule has 0 amide bonds. The zero-order valence-electron chi connectivity index (χ0n) is 69.3. The minimum Gasteiger partial charge on any atom is -2.00 e. The maximum atomic E-state index is 5.63. The minimum absolute atomic E-state index is 0. The molecule has 0 unspecified atom stereocenters. The van der Waals surface area contributed by atoms with E-state index in [1.165, 1.54) is 25.7 Å². The zero-order valence-corrected chi connectivity index (χ0v) is 84.5. The molecule has 2 aliphatic heterocycles. The summed E-state index contributed by atoms with van der Waals surface area (Å²) in [5, 5.41) is 0. The fraction of sp³-hybridized carbons (Fsp3) is 1.00. The average molecular weight is 1880 g/mol. The third-order valence-corrected chi connectivity index (χ3v) is 61.0. The summed E-state index contributed by atoms with van der Waals surface area (Å²) in [5.41, 5.74) is 12.2. The van der Waals surface area contributed by atoms with Crippen molar-refractivity contribution in [2.45, 2.75) is 375 Å². The van der Waals surface area contributed by atoms with Crippen molar-refractivity contribution in [2.75, 3.05) is 105 Å². The molecule has 2 rings (SSSR count). The second kappa shape index (κ2) is 52.3. The molecule has 0 aromatic carbocycles. The van der Waals surface area contributed by atoms with Crippen molar-refractivity contribution in [1.82, 2.24) is 9.80 Å². The summed E-state index contributed by atoms with van der Waals surface area (Å²) in [6, 6.07) is 0. The summed E-state index contributed by atoms with van der Waals surface area (Å²) in [6.45, 7) is 103. The molecular weight excluding hydrogens is 1710 g/mol. The van der Waals surface area contributed by atoms with Gasteiger partial charge in [-0.25, -0.2) is 0 Å². The molecule has 0 aromatic rings. The van der Waals surface area contributed by atoms with E-state index in [1.54, 1.807) is 0 Å². The van der Waals surface area contributed by atoms with Crippen LogP contribution >= 0.6 is 0 Å². The first-order valence-electron chi connectivity index (χ1n) is 38.3. The van der Waals surface area contributed by atoms with E-state index in [0.717, 1.165) is 105 Å². The van der Waals surface area contributed by atoms with Crippen molar-refractivity contribution in [3.63, 3.8) is 0 Å². The average Bonchev–Trinajstić information content (AvgIpc) is 1.32. The van der Waals surface area contributed by atoms with Crippen molar-refractivity contribution in [1.29, 1.82) is 0 Å². The molecule has 93 heavy (non-hydrogen) atoms. The number of hydrogen-bond acceptors (Lipinski definition) is 4. The van der Waals surface area contributed by atoms with Crippen LogP contribution in [0.3, 0.4) is 0 Å². The molecule has 0 N–H and O–H groups in total. The Bertz CT molecular complexity index is 1320. The van der Waals surface area contributed by atoms with Gasteiger partial charge in [-0.05, 0) is 114 Å². The van der Waals surface area contributed by atoms with E-state index >= 15 is 0 Å². The number of ether oxygens (including phenoxy) is 2. The SMILES string of the molecule is C1CCOC1.C1CCOC1.CC(C)[Si]([N-]CCN(CC[N-][Si](C(C)C)(C(C)C)C(C)C)CC[N-][Si](C(C)C)(C(C)C)C(C)C)(C(C)C)C(C)C.CC(C)[Si]([N-]CCN(CC[N-][Si](C(C)C)(C(C)C)C(C)C)CC[N-][Si](C(C)C)(C(C)C)C(C)C)(C(C)C)C(C)C.[S-2].[U+4].[U+4]. The normalized spacial score (nSPS) is 15.0. The molecule has 0 aliphatic carbocycles. The Balaban J connectivity index is -0.000000465. The van der Waals surface area contributed by atoms with E-state index in [2.05, 4.69) is 259 Å². The molecule has 2 aliphatic rings. The van der Waals surface area contributed by atoms with Gasteiger partial charge in [0.2, 0.25) is 0 Å². The molecule has 0 saturated carbocycles. The van der Waals surface area contributed by atoms with Crippen molar-refractivity contribution < 1.29 is 71.7 Å². The Kier molecular flexibility index (Phi) is 59.1. The molecule has 0 atom stereocenters. The van der Waals surface area contributed by atoms with Crippen LogP contribution in [0, 0.1) is 62.2 Å². The van der Waals surface area contributed by atoms with E-state index in [1.807, 2.05) is 0 Å². The van der Waals surface area contributed by atoms with Gasteiger partial charge in [0.1, 0.15) is 0 Å². The maximum Gasteiger partial charge on any atom is 4.00 e. The van der Waals surface area contributed by atoms with Gasteiger partial charge < -0.3 is 62.7 Å². The Labute approximate surface area is 647 Å². The summed E-state index contributed by atoms with van der Waals surface area (Å²) in [4.78, 5) is 39.1. The van der Waals surface area contributed by atoms with E-state index in [-0.39, 0.29) is 75.7 Å². The van der Waals surface area contributed by atoms with Crippen LogP contribution in [0.15, 0.2) is 0 Å². The van der Waals surface area contributed by atoms with Crippen LogP contribution in [-0.4, -0.2) is 164 Å². The van der Waals surface area contributed by atoms with E-state index < -0.39 is 49.4 Å². The van der Waals surface area contributed by atoms with Gasteiger partial charge in [-0.15, -0.1) is 39.3 Å². The van der Waals surface area contributed by atoms with Crippen LogP contribution in [0.5, 0.6) is 0 Å². The van der Waals surface area contributed by atoms with Crippen LogP contribution in [0.1, 0.15) is 275 Å². The first-order valence-corrected chi connectivity index (χ1v) is 51.3. The molecule has 2 heterocycles. The molecule has 0 radical (unpaired) electrons. The molecule has 2 fully saturated rings. The van der Waals surface area contributed by atoms with Gasteiger partial charge in [-0.1, -0.05) is 349 Å². The first kappa shape index (κ1) is 105. The summed E-state index contributed by atoms with van der Waals surface area (Å²) in [7, 11) is -10.4. The van der Waals surface area contributed by atoms with Crippen LogP contribution < -0.4 is 0 Å². The van der Waals surface area contributed by atoms with Gasteiger partial charge >= 0.3 is 62.2 Å². The number of nitrogens with zero attached hydrogens (tertiary/aromatic N) is 8. The summed E-state index contributed by atoms with van der Waals surface area (Å²) >= 11 is 0. The van der Waals surface area contributed by atoms with Crippen LogP contribution in [0.25, 0.3) is 29.9 Å². The monoisotopic (exact) mass is 1880 g/mol. The Morgan fingerprint density at radius 2 is 0.312 bits per heavy atom. The topological polar surface area (TPSA) is 110 Å². The Hall–Kier alpha value is 3.36. The summed E-state index contributed by atoms with van der Waals surface area (Å²) < 4.78 is 9.89. The van der Waals surface area contributed by atoms with Gasteiger partial charge in [-0.2, -0.15) is 0 Å². The van der Waals surface area contributed by atoms with E-state index in [0.29, 0.717) is 99.7 Å². The quantitative estimate of drug-likeness (QED) is 0.0567. The van der Waals surface area contributed by atoms with Gasteiger partial charge in [0, 0.05) is 26.4 Å². The molecule has 10 nitrogen and oxygen atoms in total. The molecule has 552 valence electrons. The van der Waals surface area contributed by atoms with Crippen LogP contribution in [-0.2, 0) is 23.0 Å². The molecule has 0 spiro atoms. The van der Waals surface area contributed by atoms with Crippen LogP contribution in [0.4, 0.5) is 0 Å². The van der Waals surface area contributed by atoms with Gasteiger partial charge in [0.25, 0.3) is 0 Å². The second-order valence-corrected chi connectivity index (χ2v) is 67.1. The molecule has 19 heteroatoms. The molecule has 0 aromatic heterocycles. The predicted octanol–water partition coefficient (Wildman–Crippen LogP) is 25.5. The Morgan fingerprint density at radius 1 is 0.215 bits per heavy atom. The minimum atomic E-state index is -1.74. The van der Waals surface area contributed by atoms with Gasteiger partial charge in [-0.3, -0.25) is 0 Å². The van der Waals surface area contributed by atoms with Crippen molar-refractivity contribution in [3.8, 4) is 0 Å². The fourth-order valence-electron chi connectivity index (χ4n) is 19.3. The molecule has 2 saturated heterocycles. The standard InChI is InChI=1S/2C33H75N4Si3.2C4H8O.S.2U/c2*1-25(2)38(26(3)4,27(5)6)34-19-22-37(23-20-35-39(28(7)8,29(9)10)30(11)12)24-21-36-40(31(13)14,32(15)16)33(17)18;2*1-2-4-5-3-1;;;/h2*25-33H,19-24H2,1-18H3;2*1-4H2;;;/q2*-3;;;-2;2*+4. The fourth-order valence-corrected chi connectivity index (χ4v) is 52.8. The zero-order chi connectivity index (χ0) is 70.3. The van der Waals surface area contributed by atoms with Crippen molar-refractivity contribution in [3.05, 3.63) is 29.9 Å². The smallest absolute Gasteiger partial charge is 2.00 e. The first-order chi connectivity index (χ1) is 41.6. The number of rotatable bonds is 42. The third-order valence-electron chi connectivity index (χ3n) is 23.1. The van der Waals surface area contributed by atoms with E-state index in [9.17, 15) is 0 Å². The number of hydrogen-bond donors (Lipinski definition) is 0. The van der Waals surface area contributed by atoms with Crippen LogP contribution in [0.2, 0.25) is 99.7 Å².